The van der Waals surface area contributed by atoms with Crippen LogP contribution in [0.4, 0.5) is 0 Å². The summed E-state index contributed by atoms with van der Waals surface area (Å²) in [5, 5.41) is 13.0. The van der Waals surface area contributed by atoms with Gasteiger partial charge in [-0.05, 0) is 36.5 Å². The van der Waals surface area contributed by atoms with Gasteiger partial charge in [-0.2, -0.15) is 0 Å². The SMILES string of the molecule is O=C(O)CCC(CC1CCCCC1)NC(=O)Cc1c[nH]c2ncccc12. The zero-order chi connectivity index (χ0) is 18.4. The molecule has 6 heteroatoms. The molecule has 1 amide bonds. The number of amides is 1. The van der Waals surface area contributed by atoms with E-state index >= 15 is 0 Å². The van der Waals surface area contributed by atoms with Crippen LogP contribution in [0.15, 0.2) is 24.5 Å². The summed E-state index contributed by atoms with van der Waals surface area (Å²) < 4.78 is 0. The summed E-state index contributed by atoms with van der Waals surface area (Å²) in [6, 6.07) is 3.74. The first kappa shape index (κ1) is 18.4. The molecule has 2 aromatic rings. The van der Waals surface area contributed by atoms with E-state index in [1.165, 1.54) is 32.1 Å². The predicted octanol–water partition coefficient (Wildman–Crippen LogP) is 3.43. The lowest BCUT2D eigenvalue weighted by Gasteiger charge is -2.27. The van der Waals surface area contributed by atoms with Gasteiger partial charge in [-0.25, -0.2) is 4.98 Å². The molecule has 1 atom stereocenters. The van der Waals surface area contributed by atoms with E-state index < -0.39 is 5.97 Å². The van der Waals surface area contributed by atoms with Gasteiger partial charge < -0.3 is 15.4 Å². The number of nitrogens with zero attached hydrogens (tertiary/aromatic N) is 1. The van der Waals surface area contributed by atoms with E-state index in [0.29, 0.717) is 12.3 Å². The molecule has 2 aromatic heterocycles. The van der Waals surface area contributed by atoms with Crippen LogP contribution in [0.1, 0.15) is 56.9 Å². The molecule has 2 heterocycles. The molecular formula is C20H27N3O3. The van der Waals surface area contributed by atoms with Crippen LogP contribution in [-0.4, -0.2) is 33.0 Å². The minimum atomic E-state index is -0.810. The Morgan fingerprint density at radius 1 is 1.31 bits per heavy atom. The molecule has 1 unspecified atom stereocenters. The molecule has 0 aromatic carbocycles. The first-order chi connectivity index (χ1) is 12.6. The van der Waals surface area contributed by atoms with Gasteiger partial charge in [0.25, 0.3) is 0 Å². The molecule has 3 N–H and O–H groups in total. The fraction of sp³-hybridized carbons (Fsp3) is 0.550. The number of pyridine rings is 1. The smallest absolute Gasteiger partial charge is 0.303 e. The summed E-state index contributed by atoms with van der Waals surface area (Å²) in [4.78, 5) is 30.8. The highest BCUT2D eigenvalue weighted by atomic mass is 16.4. The number of carboxylic acid groups (broad SMARTS) is 1. The van der Waals surface area contributed by atoms with Crippen LogP contribution in [0.5, 0.6) is 0 Å². The largest absolute Gasteiger partial charge is 0.481 e. The molecule has 140 valence electrons. The lowest BCUT2D eigenvalue weighted by molar-refractivity contribution is -0.137. The van der Waals surface area contributed by atoms with Gasteiger partial charge in [-0.3, -0.25) is 9.59 Å². The van der Waals surface area contributed by atoms with Crippen LogP contribution in [0.2, 0.25) is 0 Å². The number of carbonyl (C=O) groups excluding carboxylic acids is 1. The second-order valence-corrected chi connectivity index (χ2v) is 7.33. The zero-order valence-electron chi connectivity index (χ0n) is 15.0. The summed E-state index contributed by atoms with van der Waals surface area (Å²) in [6.45, 7) is 0. The van der Waals surface area contributed by atoms with E-state index in [9.17, 15) is 9.59 Å². The lowest BCUT2D eigenvalue weighted by Crippen LogP contribution is -2.38. The van der Waals surface area contributed by atoms with Crippen LogP contribution in [0.3, 0.4) is 0 Å². The van der Waals surface area contributed by atoms with Crippen molar-refractivity contribution >= 4 is 22.9 Å². The fourth-order valence-electron chi connectivity index (χ4n) is 3.98. The second kappa shape index (κ2) is 8.83. The molecule has 0 spiro atoms. The Morgan fingerprint density at radius 3 is 2.88 bits per heavy atom. The quantitative estimate of drug-likeness (QED) is 0.674. The molecule has 0 bridgehead atoms. The van der Waals surface area contributed by atoms with Crippen molar-refractivity contribution in [1.82, 2.24) is 15.3 Å². The molecular weight excluding hydrogens is 330 g/mol. The standard InChI is InChI=1S/C20H27N3O3/c24-18(12-15-13-22-20-17(15)7-4-10-21-20)23-16(8-9-19(25)26)11-14-5-2-1-3-6-14/h4,7,10,13-14,16H,1-3,5-6,8-9,11-12H2,(H,21,22)(H,23,24)(H,25,26). The maximum atomic E-state index is 12.6. The summed E-state index contributed by atoms with van der Waals surface area (Å²) in [6.07, 6.45) is 11.4. The number of carbonyl (C=O) groups is 2. The third-order valence-corrected chi connectivity index (χ3v) is 5.30. The minimum Gasteiger partial charge on any atom is -0.481 e. The molecule has 0 saturated heterocycles. The molecule has 1 aliphatic carbocycles. The van der Waals surface area contributed by atoms with Crippen molar-refractivity contribution in [2.75, 3.05) is 0 Å². The number of fused-ring (bicyclic) bond motifs is 1. The summed E-state index contributed by atoms with van der Waals surface area (Å²) in [5.74, 6) is -0.267. The Kier molecular flexibility index (Phi) is 6.26. The van der Waals surface area contributed by atoms with Gasteiger partial charge in [-0.15, -0.1) is 0 Å². The maximum absolute atomic E-state index is 12.6. The highest BCUT2D eigenvalue weighted by molar-refractivity contribution is 5.87. The van der Waals surface area contributed by atoms with E-state index in [4.69, 9.17) is 5.11 Å². The number of carboxylic acids is 1. The third kappa shape index (κ3) is 5.07. The average Bonchev–Trinajstić information content (AvgIpc) is 3.03. The molecule has 0 aliphatic heterocycles. The fourth-order valence-corrected chi connectivity index (χ4v) is 3.98. The Bertz CT molecular complexity index is 750. The van der Waals surface area contributed by atoms with Crippen LogP contribution >= 0.6 is 0 Å². The van der Waals surface area contributed by atoms with Gasteiger partial charge in [0, 0.05) is 30.2 Å². The highest BCUT2D eigenvalue weighted by Crippen LogP contribution is 2.28. The number of aliphatic carboxylic acids is 1. The van der Waals surface area contributed by atoms with Crippen molar-refractivity contribution in [3.8, 4) is 0 Å². The van der Waals surface area contributed by atoms with Crippen molar-refractivity contribution in [2.24, 2.45) is 5.92 Å². The number of hydrogen-bond acceptors (Lipinski definition) is 3. The number of hydrogen-bond donors (Lipinski definition) is 3. The van der Waals surface area contributed by atoms with Crippen LogP contribution in [0.25, 0.3) is 11.0 Å². The van der Waals surface area contributed by atoms with Crippen LogP contribution in [0, 0.1) is 5.92 Å². The molecule has 3 rings (SSSR count). The average molecular weight is 357 g/mol. The van der Waals surface area contributed by atoms with Crippen molar-refractivity contribution in [3.63, 3.8) is 0 Å². The highest BCUT2D eigenvalue weighted by Gasteiger charge is 2.21. The molecule has 1 saturated carbocycles. The van der Waals surface area contributed by atoms with Crippen molar-refractivity contribution in [2.45, 2.75) is 63.8 Å². The van der Waals surface area contributed by atoms with Gasteiger partial charge in [0.15, 0.2) is 0 Å². The summed E-state index contributed by atoms with van der Waals surface area (Å²) in [7, 11) is 0. The Labute approximate surface area is 153 Å². The van der Waals surface area contributed by atoms with Crippen LogP contribution < -0.4 is 5.32 Å². The lowest BCUT2D eigenvalue weighted by atomic mass is 9.84. The maximum Gasteiger partial charge on any atom is 0.303 e. The van der Waals surface area contributed by atoms with Crippen molar-refractivity contribution < 1.29 is 14.7 Å². The summed E-state index contributed by atoms with van der Waals surface area (Å²) in [5.41, 5.74) is 1.69. The van der Waals surface area contributed by atoms with E-state index in [1.54, 1.807) is 6.20 Å². The molecule has 6 nitrogen and oxygen atoms in total. The minimum absolute atomic E-state index is 0.0547. The number of aromatic amines is 1. The van der Waals surface area contributed by atoms with Gasteiger partial charge in [-0.1, -0.05) is 32.1 Å². The molecule has 26 heavy (non-hydrogen) atoms. The molecule has 0 radical (unpaired) electrons. The Morgan fingerprint density at radius 2 is 2.12 bits per heavy atom. The normalized spacial score (nSPS) is 16.5. The first-order valence-corrected chi connectivity index (χ1v) is 9.54. The van der Waals surface area contributed by atoms with Crippen molar-refractivity contribution in [1.29, 1.82) is 0 Å². The van der Waals surface area contributed by atoms with Gasteiger partial charge in [0.2, 0.25) is 5.91 Å². The topological polar surface area (TPSA) is 95.1 Å². The van der Waals surface area contributed by atoms with E-state index in [1.807, 2.05) is 18.3 Å². The number of H-pyrrole nitrogens is 1. The predicted molar refractivity (Wildman–Crippen MR) is 99.8 cm³/mol. The Balaban J connectivity index is 1.60. The van der Waals surface area contributed by atoms with Gasteiger partial charge in [0.1, 0.15) is 5.65 Å². The monoisotopic (exact) mass is 357 g/mol. The Hall–Kier alpha value is -2.37. The second-order valence-electron chi connectivity index (χ2n) is 7.33. The molecule has 1 fully saturated rings. The number of aromatic nitrogens is 2. The van der Waals surface area contributed by atoms with E-state index in [2.05, 4.69) is 15.3 Å². The van der Waals surface area contributed by atoms with Gasteiger partial charge >= 0.3 is 5.97 Å². The third-order valence-electron chi connectivity index (χ3n) is 5.30. The molecule has 1 aliphatic rings. The van der Waals surface area contributed by atoms with E-state index in [0.717, 1.165) is 23.0 Å². The first-order valence-electron chi connectivity index (χ1n) is 9.54. The van der Waals surface area contributed by atoms with Crippen molar-refractivity contribution in [3.05, 3.63) is 30.1 Å². The number of nitrogens with one attached hydrogen (secondary N) is 2. The number of rotatable bonds is 8. The van der Waals surface area contributed by atoms with Crippen LogP contribution in [-0.2, 0) is 16.0 Å². The summed E-state index contributed by atoms with van der Waals surface area (Å²) >= 11 is 0. The zero-order valence-corrected chi connectivity index (χ0v) is 15.0. The van der Waals surface area contributed by atoms with E-state index in [-0.39, 0.29) is 24.8 Å². The van der Waals surface area contributed by atoms with Gasteiger partial charge in [0.05, 0.1) is 6.42 Å².